The van der Waals surface area contributed by atoms with Crippen molar-refractivity contribution in [3.8, 4) is 0 Å². The number of hydrogen-bond acceptors (Lipinski definition) is 3. The summed E-state index contributed by atoms with van der Waals surface area (Å²) >= 11 is 0. The maximum absolute atomic E-state index is 10.9. The molecule has 0 saturated heterocycles. The highest BCUT2D eigenvalue weighted by atomic mass is 16.1. The SMILES string of the molecule is CN(C)CNC=O.NC(=O)c1ccc2ccccc2c1. The molecule has 5 heteroatoms. The number of nitrogens with zero attached hydrogens (tertiary/aromatic N) is 1. The van der Waals surface area contributed by atoms with E-state index in [2.05, 4.69) is 5.32 Å². The largest absolute Gasteiger partial charge is 0.366 e. The molecule has 0 aromatic heterocycles. The van der Waals surface area contributed by atoms with E-state index in [0.717, 1.165) is 10.8 Å². The van der Waals surface area contributed by atoms with Crippen molar-refractivity contribution >= 4 is 23.1 Å². The molecule has 106 valence electrons. The second-order valence-corrected chi connectivity index (χ2v) is 4.49. The third-order valence-electron chi connectivity index (χ3n) is 2.52. The van der Waals surface area contributed by atoms with Gasteiger partial charge in [-0.2, -0.15) is 0 Å². The Bertz CT molecular complexity index is 582. The van der Waals surface area contributed by atoms with Crippen molar-refractivity contribution in [1.82, 2.24) is 10.2 Å². The van der Waals surface area contributed by atoms with Crippen molar-refractivity contribution in [3.05, 3.63) is 48.0 Å². The van der Waals surface area contributed by atoms with Crippen molar-refractivity contribution in [2.24, 2.45) is 5.73 Å². The lowest BCUT2D eigenvalue weighted by atomic mass is 10.1. The fraction of sp³-hybridized carbons (Fsp3) is 0.200. The molecule has 2 rings (SSSR count). The molecule has 0 spiro atoms. The number of hydrogen-bond donors (Lipinski definition) is 2. The molecule has 0 heterocycles. The van der Waals surface area contributed by atoms with Crippen LogP contribution in [0.4, 0.5) is 0 Å². The first-order valence-electron chi connectivity index (χ1n) is 6.15. The predicted molar refractivity (Wildman–Crippen MR) is 80.2 cm³/mol. The van der Waals surface area contributed by atoms with Crippen LogP contribution in [0.1, 0.15) is 10.4 Å². The van der Waals surface area contributed by atoms with Crippen LogP contribution in [0.3, 0.4) is 0 Å². The summed E-state index contributed by atoms with van der Waals surface area (Å²) in [6.45, 7) is 0.615. The molecule has 0 fully saturated rings. The summed E-state index contributed by atoms with van der Waals surface area (Å²) in [6.07, 6.45) is 0.681. The highest BCUT2D eigenvalue weighted by Gasteiger charge is 1.99. The van der Waals surface area contributed by atoms with Crippen molar-refractivity contribution < 1.29 is 9.59 Å². The first kappa shape index (κ1) is 15.7. The molecule has 0 unspecified atom stereocenters. The van der Waals surface area contributed by atoms with Crippen LogP contribution in [-0.2, 0) is 4.79 Å². The van der Waals surface area contributed by atoms with Gasteiger partial charge in [0, 0.05) is 5.56 Å². The summed E-state index contributed by atoms with van der Waals surface area (Å²) in [5.74, 6) is -0.384. The van der Waals surface area contributed by atoms with E-state index in [-0.39, 0.29) is 5.91 Å². The minimum atomic E-state index is -0.384. The Labute approximate surface area is 118 Å². The second-order valence-electron chi connectivity index (χ2n) is 4.49. The van der Waals surface area contributed by atoms with Crippen molar-refractivity contribution in [3.63, 3.8) is 0 Å². The third-order valence-corrected chi connectivity index (χ3v) is 2.52. The Balaban J connectivity index is 0.000000246. The molecule has 3 N–H and O–H groups in total. The number of fused-ring (bicyclic) bond motifs is 1. The van der Waals surface area contributed by atoms with E-state index in [1.807, 2.05) is 49.3 Å². The highest BCUT2D eigenvalue weighted by Crippen LogP contribution is 2.14. The average molecular weight is 273 g/mol. The molecule has 2 aromatic carbocycles. The van der Waals surface area contributed by atoms with Crippen LogP contribution < -0.4 is 11.1 Å². The Morgan fingerprint density at radius 2 is 1.85 bits per heavy atom. The van der Waals surface area contributed by atoms with E-state index >= 15 is 0 Å². The number of primary amides is 1. The monoisotopic (exact) mass is 273 g/mol. The minimum absolute atomic E-state index is 0.384. The van der Waals surface area contributed by atoms with Crippen LogP contribution in [0, 0.1) is 0 Å². The number of nitrogens with two attached hydrogens (primary N) is 1. The highest BCUT2D eigenvalue weighted by molar-refractivity contribution is 5.97. The standard InChI is InChI=1S/C11H9NO.C4H10N2O/c12-11(13)10-6-5-8-3-1-2-4-9(8)7-10;1-6(2)3-5-4-7/h1-7H,(H2,12,13);4H,3H2,1-2H3,(H,5,7). The van der Waals surface area contributed by atoms with Gasteiger partial charge in [0.2, 0.25) is 12.3 Å². The lowest BCUT2D eigenvalue weighted by Gasteiger charge is -2.05. The Kier molecular flexibility index (Phi) is 6.19. The van der Waals surface area contributed by atoms with Gasteiger partial charge >= 0.3 is 0 Å². The zero-order valence-electron chi connectivity index (χ0n) is 11.7. The number of carbonyl (C=O) groups excluding carboxylic acids is 2. The van der Waals surface area contributed by atoms with Gasteiger partial charge in [0.05, 0.1) is 6.67 Å². The number of nitrogens with one attached hydrogen (secondary N) is 1. The minimum Gasteiger partial charge on any atom is -0.366 e. The molecular weight excluding hydrogens is 254 g/mol. The van der Waals surface area contributed by atoms with E-state index in [0.29, 0.717) is 18.6 Å². The lowest BCUT2D eigenvalue weighted by Crippen LogP contribution is -2.26. The summed E-state index contributed by atoms with van der Waals surface area (Å²) in [7, 11) is 3.77. The first-order chi connectivity index (χ1) is 9.54. The van der Waals surface area contributed by atoms with E-state index < -0.39 is 0 Å². The predicted octanol–water partition coefficient (Wildman–Crippen LogP) is 1.19. The molecule has 0 aliphatic rings. The van der Waals surface area contributed by atoms with Gasteiger partial charge in [0.1, 0.15) is 0 Å². The molecule has 2 amide bonds. The fourth-order valence-electron chi connectivity index (χ4n) is 1.56. The van der Waals surface area contributed by atoms with Crippen LogP contribution in [0.5, 0.6) is 0 Å². The van der Waals surface area contributed by atoms with E-state index in [4.69, 9.17) is 5.73 Å². The van der Waals surface area contributed by atoms with Crippen molar-refractivity contribution in [2.75, 3.05) is 20.8 Å². The third kappa shape index (κ3) is 5.07. The van der Waals surface area contributed by atoms with Crippen LogP contribution in [-0.4, -0.2) is 38.0 Å². The smallest absolute Gasteiger partial charge is 0.248 e. The maximum Gasteiger partial charge on any atom is 0.248 e. The summed E-state index contributed by atoms with van der Waals surface area (Å²) in [6, 6.07) is 13.3. The van der Waals surface area contributed by atoms with Gasteiger partial charge in [-0.1, -0.05) is 30.3 Å². The van der Waals surface area contributed by atoms with Crippen molar-refractivity contribution in [2.45, 2.75) is 0 Å². The molecule has 2 aromatic rings. The number of benzene rings is 2. The second kappa shape index (κ2) is 7.91. The quantitative estimate of drug-likeness (QED) is 0.649. The number of carbonyl (C=O) groups is 2. The maximum atomic E-state index is 10.9. The molecule has 5 nitrogen and oxygen atoms in total. The average Bonchev–Trinajstić information content (AvgIpc) is 2.45. The topological polar surface area (TPSA) is 75.4 Å². The molecule has 0 bridgehead atoms. The normalized spacial score (nSPS) is 9.75. The van der Waals surface area contributed by atoms with Gasteiger partial charge in [0.15, 0.2) is 0 Å². The Morgan fingerprint density at radius 1 is 1.20 bits per heavy atom. The van der Waals surface area contributed by atoms with Gasteiger partial charge in [-0.3, -0.25) is 14.5 Å². The zero-order chi connectivity index (χ0) is 15.0. The van der Waals surface area contributed by atoms with E-state index in [1.54, 1.807) is 12.1 Å². The van der Waals surface area contributed by atoms with E-state index in [1.165, 1.54) is 0 Å². The molecular formula is C15H19N3O2. The van der Waals surface area contributed by atoms with Crippen LogP contribution in [0.2, 0.25) is 0 Å². The number of amides is 2. The molecule has 0 aliphatic carbocycles. The summed E-state index contributed by atoms with van der Waals surface area (Å²) < 4.78 is 0. The Morgan fingerprint density at radius 3 is 2.35 bits per heavy atom. The zero-order valence-corrected chi connectivity index (χ0v) is 11.7. The summed E-state index contributed by atoms with van der Waals surface area (Å²) in [5, 5.41) is 4.65. The molecule has 0 aliphatic heterocycles. The van der Waals surface area contributed by atoms with Crippen LogP contribution >= 0.6 is 0 Å². The van der Waals surface area contributed by atoms with Crippen LogP contribution in [0.15, 0.2) is 42.5 Å². The Hall–Kier alpha value is -2.40. The molecule has 20 heavy (non-hydrogen) atoms. The molecule has 0 atom stereocenters. The lowest BCUT2D eigenvalue weighted by molar-refractivity contribution is -0.110. The summed E-state index contributed by atoms with van der Waals surface area (Å²) in [5.41, 5.74) is 5.72. The van der Waals surface area contributed by atoms with E-state index in [9.17, 15) is 9.59 Å². The van der Waals surface area contributed by atoms with Gasteiger partial charge in [0.25, 0.3) is 0 Å². The molecule has 0 saturated carbocycles. The van der Waals surface area contributed by atoms with Crippen LogP contribution in [0.25, 0.3) is 10.8 Å². The van der Waals surface area contributed by atoms with Crippen molar-refractivity contribution in [1.29, 1.82) is 0 Å². The summed E-state index contributed by atoms with van der Waals surface area (Å²) in [4.78, 5) is 22.3. The first-order valence-corrected chi connectivity index (χ1v) is 6.15. The number of rotatable bonds is 4. The van der Waals surface area contributed by atoms with Gasteiger partial charge in [-0.25, -0.2) is 0 Å². The van der Waals surface area contributed by atoms with Gasteiger partial charge in [-0.05, 0) is 37.0 Å². The fourth-order valence-corrected chi connectivity index (χ4v) is 1.56. The molecule has 0 radical (unpaired) electrons. The van der Waals surface area contributed by atoms with Gasteiger partial charge in [-0.15, -0.1) is 0 Å². The van der Waals surface area contributed by atoms with Gasteiger partial charge < -0.3 is 11.1 Å².